The molecule has 2 N–H and O–H groups in total. The van der Waals surface area contributed by atoms with Gasteiger partial charge in [0.1, 0.15) is 5.75 Å². The lowest BCUT2D eigenvalue weighted by Gasteiger charge is -2.21. The third-order valence-corrected chi connectivity index (χ3v) is 5.35. The van der Waals surface area contributed by atoms with E-state index < -0.39 is 10.0 Å². The number of fused-ring (bicyclic) bond motifs is 1. The highest BCUT2D eigenvalue weighted by molar-refractivity contribution is 7.89. The number of nitrogens with zero attached hydrogens (tertiary/aromatic N) is 1. The van der Waals surface area contributed by atoms with E-state index in [0.29, 0.717) is 24.5 Å². The number of hydrogen-bond acceptors (Lipinski definition) is 5. The van der Waals surface area contributed by atoms with Crippen LogP contribution in [0.15, 0.2) is 23.1 Å². The highest BCUT2D eigenvalue weighted by Gasteiger charge is 2.20. The van der Waals surface area contributed by atoms with Crippen LogP contribution in [0.4, 0.5) is 5.69 Å². The summed E-state index contributed by atoms with van der Waals surface area (Å²) in [5.74, 6) is 0.124. The summed E-state index contributed by atoms with van der Waals surface area (Å²) in [5.41, 5.74) is 0.488. The Labute approximate surface area is 143 Å². The van der Waals surface area contributed by atoms with Crippen molar-refractivity contribution in [3.63, 3.8) is 0 Å². The molecule has 0 saturated carbocycles. The molecule has 2 rings (SSSR count). The number of benzene rings is 1. The SMILES string of the molecule is CCCCN(CC)CCNS(=O)(=O)c1ccc2c(c1)OCC(=O)N2. The van der Waals surface area contributed by atoms with Crippen molar-refractivity contribution in [2.75, 3.05) is 38.1 Å². The number of nitrogens with one attached hydrogen (secondary N) is 2. The van der Waals surface area contributed by atoms with Crippen LogP contribution in [0.5, 0.6) is 5.75 Å². The number of carbonyl (C=O) groups is 1. The van der Waals surface area contributed by atoms with Crippen molar-refractivity contribution in [1.82, 2.24) is 9.62 Å². The molecular formula is C16H25N3O4S. The summed E-state index contributed by atoms with van der Waals surface area (Å²) < 4.78 is 32.7. The van der Waals surface area contributed by atoms with E-state index in [1.807, 2.05) is 0 Å². The highest BCUT2D eigenvalue weighted by Crippen LogP contribution is 2.30. The monoisotopic (exact) mass is 355 g/mol. The molecule has 1 heterocycles. The first-order valence-electron chi connectivity index (χ1n) is 8.25. The van der Waals surface area contributed by atoms with Gasteiger partial charge in [-0.1, -0.05) is 20.3 Å². The number of ether oxygens (including phenoxy) is 1. The number of sulfonamides is 1. The van der Waals surface area contributed by atoms with E-state index >= 15 is 0 Å². The average Bonchev–Trinajstić information content (AvgIpc) is 2.57. The molecule has 0 saturated heterocycles. The van der Waals surface area contributed by atoms with Gasteiger partial charge in [0.2, 0.25) is 10.0 Å². The van der Waals surface area contributed by atoms with E-state index in [1.165, 1.54) is 12.1 Å². The minimum atomic E-state index is -3.60. The normalized spacial score (nSPS) is 14.2. The smallest absolute Gasteiger partial charge is 0.262 e. The summed E-state index contributed by atoms with van der Waals surface area (Å²) in [5, 5.41) is 2.64. The summed E-state index contributed by atoms with van der Waals surface area (Å²) in [7, 11) is -3.60. The van der Waals surface area contributed by atoms with Crippen molar-refractivity contribution in [2.24, 2.45) is 0 Å². The molecule has 1 aromatic rings. The fraction of sp³-hybridized carbons (Fsp3) is 0.562. The quantitative estimate of drug-likeness (QED) is 0.699. The van der Waals surface area contributed by atoms with Crippen LogP contribution in [0.1, 0.15) is 26.7 Å². The van der Waals surface area contributed by atoms with Crippen LogP contribution in [0.2, 0.25) is 0 Å². The largest absolute Gasteiger partial charge is 0.482 e. The lowest BCUT2D eigenvalue weighted by atomic mass is 10.2. The van der Waals surface area contributed by atoms with Crippen molar-refractivity contribution in [3.8, 4) is 5.75 Å². The van der Waals surface area contributed by atoms with Gasteiger partial charge in [0.15, 0.2) is 6.61 Å². The first-order valence-corrected chi connectivity index (χ1v) is 9.73. The van der Waals surface area contributed by atoms with Gasteiger partial charge in [-0.2, -0.15) is 0 Å². The second-order valence-corrected chi connectivity index (χ2v) is 7.45. The van der Waals surface area contributed by atoms with E-state index in [9.17, 15) is 13.2 Å². The highest BCUT2D eigenvalue weighted by atomic mass is 32.2. The number of carbonyl (C=O) groups excluding carboxylic acids is 1. The van der Waals surface area contributed by atoms with Gasteiger partial charge in [0.05, 0.1) is 10.6 Å². The van der Waals surface area contributed by atoms with Crippen LogP contribution in [-0.4, -0.2) is 52.0 Å². The van der Waals surface area contributed by atoms with Crippen LogP contribution in [0.3, 0.4) is 0 Å². The van der Waals surface area contributed by atoms with E-state index in [2.05, 4.69) is 28.8 Å². The topological polar surface area (TPSA) is 87.7 Å². The Bertz CT molecular complexity index is 676. The maximum absolute atomic E-state index is 12.4. The van der Waals surface area contributed by atoms with Gasteiger partial charge >= 0.3 is 0 Å². The number of amides is 1. The Hall–Kier alpha value is -1.64. The Morgan fingerprint density at radius 3 is 2.79 bits per heavy atom. The van der Waals surface area contributed by atoms with Crippen LogP contribution >= 0.6 is 0 Å². The molecule has 0 unspecified atom stereocenters. The minimum absolute atomic E-state index is 0.104. The zero-order valence-corrected chi connectivity index (χ0v) is 15.0. The van der Waals surface area contributed by atoms with Gasteiger partial charge in [0, 0.05) is 19.2 Å². The minimum Gasteiger partial charge on any atom is -0.482 e. The van der Waals surface area contributed by atoms with Crippen molar-refractivity contribution < 1.29 is 17.9 Å². The fourth-order valence-corrected chi connectivity index (χ4v) is 3.49. The van der Waals surface area contributed by atoms with Crippen molar-refractivity contribution in [3.05, 3.63) is 18.2 Å². The maximum atomic E-state index is 12.4. The molecule has 1 aliphatic heterocycles. The summed E-state index contributed by atoms with van der Waals surface area (Å²) in [6, 6.07) is 4.44. The molecule has 24 heavy (non-hydrogen) atoms. The van der Waals surface area contributed by atoms with E-state index in [1.54, 1.807) is 6.07 Å². The molecular weight excluding hydrogens is 330 g/mol. The second-order valence-electron chi connectivity index (χ2n) is 5.68. The second kappa shape index (κ2) is 8.46. The van der Waals surface area contributed by atoms with Gasteiger partial charge in [0.25, 0.3) is 5.91 Å². The number of hydrogen-bond donors (Lipinski definition) is 2. The lowest BCUT2D eigenvalue weighted by molar-refractivity contribution is -0.118. The Balaban J connectivity index is 1.96. The first kappa shape index (κ1) is 18.7. The Morgan fingerprint density at radius 1 is 1.29 bits per heavy atom. The third kappa shape index (κ3) is 4.93. The number of rotatable bonds is 9. The standard InChI is InChI=1S/C16H25N3O4S/c1-3-5-9-19(4-2)10-8-17-24(21,22)13-6-7-14-15(11-13)23-12-16(20)18-14/h6-7,11,17H,3-5,8-10,12H2,1-2H3,(H,18,20). The number of likely N-dealkylation sites (N-methyl/N-ethyl adjacent to an activating group) is 1. The predicted molar refractivity (Wildman–Crippen MR) is 92.8 cm³/mol. The molecule has 0 fully saturated rings. The van der Waals surface area contributed by atoms with Gasteiger partial charge in [-0.3, -0.25) is 4.79 Å². The number of anilines is 1. The molecule has 0 bridgehead atoms. The third-order valence-electron chi connectivity index (χ3n) is 3.89. The lowest BCUT2D eigenvalue weighted by Crippen LogP contribution is -2.35. The van der Waals surface area contributed by atoms with Crippen LogP contribution in [0, 0.1) is 0 Å². The number of unbranched alkanes of at least 4 members (excludes halogenated alkanes) is 1. The Morgan fingerprint density at radius 2 is 2.08 bits per heavy atom. The van der Waals surface area contributed by atoms with E-state index in [4.69, 9.17) is 4.74 Å². The van der Waals surface area contributed by atoms with Crippen molar-refractivity contribution in [2.45, 2.75) is 31.6 Å². The predicted octanol–water partition coefficient (Wildman–Crippen LogP) is 1.42. The zero-order valence-electron chi connectivity index (χ0n) is 14.2. The van der Waals surface area contributed by atoms with E-state index in [0.717, 1.165) is 25.9 Å². The molecule has 0 spiro atoms. The van der Waals surface area contributed by atoms with Gasteiger partial charge in [-0.25, -0.2) is 13.1 Å². The molecule has 8 heteroatoms. The van der Waals surface area contributed by atoms with Crippen LogP contribution in [-0.2, 0) is 14.8 Å². The maximum Gasteiger partial charge on any atom is 0.262 e. The first-order chi connectivity index (χ1) is 11.5. The summed E-state index contributed by atoms with van der Waals surface area (Å²) in [6.45, 7) is 7.00. The average molecular weight is 355 g/mol. The van der Waals surface area contributed by atoms with Crippen molar-refractivity contribution in [1.29, 1.82) is 0 Å². The van der Waals surface area contributed by atoms with Crippen LogP contribution < -0.4 is 14.8 Å². The molecule has 0 aliphatic carbocycles. The van der Waals surface area contributed by atoms with E-state index in [-0.39, 0.29) is 17.4 Å². The van der Waals surface area contributed by atoms with Gasteiger partial charge < -0.3 is 15.0 Å². The molecule has 1 aromatic carbocycles. The van der Waals surface area contributed by atoms with Gasteiger partial charge in [-0.15, -0.1) is 0 Å². The molecule has 1 amide bonds. The summed E-state index contributed by atoms with van der Waals surface area (Å²) in [4.78, 5) is 13.6. The molecule has 0 radical (unpaired) electrons. The Kier molecular flexibility index (Phi) is 6.59. The molecule has 134 valence electrons. The summed E-state index contributed by atoms with van der Waals surface area (Å²) >= 11 is 0. The van der Waals surface area contributed by atoms with Gasteiger partial charge in [-0.05, 0) is 31.6 Å². The summed E-state index contributed by atoms with van der Waals surface area (Å²) in [6.07, 6.45) is 2.22. The molecule has 7 nitrogen and oxygen atoms in total. The zero-order chi connectivity index (χ0) is 17.6. The molecule has 1 aliphatic rings. The van der Waals surface area contributed by atoms with Crippen molar-refractivity contribution >= 4 is 21.6 Å². The molecule has 0 aromatic heterocycles. The molecule has 0 atom stereocenters. The fourth-order valence-electron chi connectivity index (χ4n) is 2.45. The van der Waals surface area contributed by atoms with Crippen LogP contribution in [0.25, 0.3) is 0 Å².